The molecule has 0 saturated heterocycles. The van der Waals surface area contributed by atoms with Gasteiger partial charge < -0.3 is 0 Å². The Bertz CT molecular complexity index is 1030. The Hall–Kier alpha value is -2.95. The fraction of sp³-hybridized carbons (Fsp3) is 0.0625. The van der Waals surface area contributed by atoms with Crippen LogP contribution in [-0.2, 0) is 0 Å². The third kappa shape index (κ3) is 1.67. The van der Waals surface area contributed by atoms with E-state index in [0.717, 1.165) is 16.6 Å². The van der Waals surface area contributed by atoms with E-state index in [-0.39, 0.29) is 5.56 Å². The van der Waals surface area contributed by atoms with Crippen molar-refractivity contribution in [3.05, 3.63) is 64.4 Å². The summed E-state index contributed by atoms with van der Waals surface area (Å²) < 4.78 is 1.75. The first-order valence-corrected chi connectivity index (χ1v) is 6.67. The lowest BCUT2D eigenvalue weighted by Gasteiger charge is -2.02. The van der Waals surface area contributed by atoms with E-state index in [2.05, 4.69) is 15.3 Å². The van der Waals surface area contributed by atoms with Crippen molar-refractivity contribution in [1.82, 2.24) is 19.8 Å². The Morgan fingerprint density at radius 1 is 1.05 bits per heavy atom. The fourth-order valence-electron chi connectivity index (χ4n) is 2.60. The molecule has 2 aromatic heterocycles. The molecule has 0 fully saturated rings. The molecule has 5 nitrogen and oxygen atoms in total. The summed E-state index contributed by atoms with van der Waals surface area (Å²) >= 11 is 0. The number of aryl methyl sites for hydroxylation is 1. The van der Waals surface area contributed by atoms with Crippen LogP contribution in [-0.4, -0.2) is 19.8 Å². The number of fused-ring (bicyclic) bond motifs is 3. The first-order chi connectivity index (χ1) is 10.3. The number of hydrogen-bond donors (Lipinski definition) is 1. The lowest BCUT2D eigenvalue weighted by Crippen LogP contribution is -2.10. The van der Waals surface area contributed by atoms with Crippen LogP contribution in [0.4, 0.5) is 0 Å². The van der Waals surface area contributed by atoms with Gasteiger partial charge in [0.2, 0.25) is 0 Å². The zero-order valence-electron chi connectivity index (χ0n) is 11.4. The van der Waals surface area contributed by atoms with Gasteiger partial charge in [-0.3, -0.25) is 4.79 Å². The Morgan fingerprint density at radius 2 is 1.81 bits per heavy atom. The van der Waals surface area contributed by atoms with Crippen LogP contribution in [0.2, 0.25) is 0 Å². The van der Waals surface area contributed by atoms with E-state index in [9.17, 15) is 4.79 Å². The van der Waals surface area contributed by atoms with Crippen LogP contribution in [0.15, 0.2) is 53.3 Å². The molecule has 2 heterocycles. The Kier molecular flexibility index (Phi) is 2.41. The summed E-state index contributed by atoms with van der Waals surface area (Å²) in [5, 5.41) is 7.88. The highest BCUT2D eigenvalue weighted by molar-refractivity contribution is 5.84. The molecule has 0 unspecified atom stereocenters. The van der Waals surface area contributed by atoms with Crippen LogP contribution in [0.1, 0.15) is 5.56 Å². The molecule has 4 rings (SSSR count). The number of para-hydroxylation sites is 1. The number of aromatic nitrogens is 4. The van der Waals surface area contributed by atoms with Crippen molar-refractivity contribution < 1.29 is 0 Å². The number of rotatable bonds is 1. The van der Waals surface area contributed by atoms with Gasteiger partial charge in [-0.25, -0.2) is 9.73 Å². The lowest BCUT2D eigenvalue weighted by atomic mass is 10.1. The number of H-pyrrole nitrogens is 1. The van der Waals surface area contributed by atoms with Crippen molar-refractivity contribution in [3.8, 4) is 11.3 Å². The lowest BCUT2D eigenvalue weighted by molar-refractivity contribution is 0.874. The third-order valence-electron chi connectivity index (χ3n) is 3.67. The average molecular weight is 276 g/mol. The number of hydrogen-bond acceptors (Lipinski definition) is 3. The van der Waals surface area contributed by atoms with Crippen LogP contribution in [0.5, 0.6) is 0 Å². The summed E-state index contributed by atoms with van der Waals surface area (Å²) in [6.07, 6.45) is 0. The highest BCUT2D eigenvalue weighted by Gasteiger charge is 2.14. The van der Waals surface area contributed by atoms with Crippen molar-refractivity contribution >= 4 is 16.6 Å². The van der Waals surface area contributed by atoms with E-state index in [1.807, 2.05) is 49.4 Å². The predicted molar refractivity (Wildman–Crippen MR) is 81.3 cm³/mol. The van der Waals surface area contributed by atoms with Crippen LogP contribution >= 0.6 is 0 Å². The van der Waals surface area contributed by atoms with Crippen molar-refractivity contribution in [2.75, 3.05) is 0 Å². The van der Waals surface area contributed by atoms with Crippen LogP contribution in [0, 0.1) is 6.92 Å². The van der Waals surface area contributed by atoms with Gasteiger partial charge in [0.1, 0.15) is 5.69 Å². The molecule has 0 radical (unpaired) electrons. The molecule has 0 aliphatic carbocycles. The van der Waals surface area contributed by atoms with Crippen molar-refractivity contribution in [1.29, 1.82) is 0 Å². The summed E-state index contributed by atoms with van der Waals surface area (Å²) in [6, 6.07) is 15.3. The Labute approximate surface area is 119 Å². The van der Waals surface area contributed by atoms with Gasteiger partial charge in [0.25, 0.3) is 5.56 Å². The van der Waals surface area contributed by atoms with Crippen molar-refractivity contribution in [2.45, 2.75) is 6.92 Å². The number of benzene rings is 2. The summed E-state index contributed by atoms with van der Waals surface area (Å²) in [6.45, 7) is 2.01. The minimum Gasteiger partial charge on any atom is -0.267 e. The van der Waals surface area contributed by atoms with Gasteiger partial charge in [0, 0.05) is 5.56 Å². The molecule has 0 atom stereocenters. The Balaban J connectivity index is 2.15. The van der Waals surface area contributed by atoms with Crippen LogP contribution < -0.4 is 5.56 Å². The molecule has 21 heavy (non-hydrogen) atoms. The van der Waals surface area contributed by atoms with E-state index in [1.54, 1.807) is 10.6 Å². The van der Waals surface area contributed by atoms with Crippen LogP contribution in [0.25, 0.3) is 27.8 Å². The normalized spacial score (nSPS) is 11.3. The van der Waals surface area contributed by atoms with Crippen LogP contribution in [0.3, 0.4) is 0 Å². The van der Waals surface area contributed by atoms with E-state index in [1.165, 1.54) is 0 Å². The second kappa shape index (κ2) is 4.28. The molecular formula is C16H12N4O. The molecule has 102 valence electrons. The maximum atomic E-state index is 12.2. The highest BCUT2D eigenvalue weighted by Crippen LogP contribution is 2.24. The second-order valence-corrected chi connectivity index (χ2v) is 4.97. The molecule has 0 saturated carbocycles. The van der Waals surface area contributed by atoms with Crippen molar-refractivity contribution in [2.24, 2.45) is 0 Å². The van der Waals surface area contributed by atoms with Gasteiger partial charge in [-0.15, -0.1) is 0 Å². The van der Waals surface area contributed by atoms with Gasteiger partial charge in [-0.05, 0) is 24.6 Å². The first kappa shape index (κ1) is 11.8. The van der Waals surface area contributed by atoms with Crippen molar-refractivity contribution in [3.63, 3.8) is 0 Å². The average Bonchev–Trinajstić information content (AvgIpc) is 2.92. The number of aromatic amines is 1. The molecule has 0 bridgehead atoms. The summed E-state index contributed by atoms with van der Waals surface area (Å²) in [5.41, 5.74) is 3.85. The second-order valence-electron chi connectivity index (χ2n) is 4.97. The van der Waals surface area contributed by atoms with E-state index in [0.29, 0.717) is 16.7 Å². The molecule has 0 spiro atoms. The Morgan fingerprint density at radius 3 is 2.67 bits per heavy atom. The topological polar surface area (TPSA) is 63.1 Å². The van der Waals surface area contributed by atoms with Gasteiger partial charge in [0.05, 0.1) is 10.9 Å². The SMILES string of the molecule is Cc1ccccc1-c1n[nH]n2c1nc(=O)c1ccccc12. The van der Waals surface area contributed by atoms with Gasteiger partial charge in [-0.2, -0.15) is 10.1 Å². The zero-order valence-corrected chi connectivity index (χ0v) is 11.4. The number of nitrogens with zero attached hydrogens (tertiary/aromatic N) is 3. The smallest absolute Gasteiger partial charge is 0.267 e. The molecule has 0 amide bonds. The maximum absolute atomic E-state index is 12.2. The van der Waals surface area contributed by atoms with Gasteiger partial charge >= 0.3 is 0 Å². The summed E-state index contributed by atoms with van der Waals surface area (Å²) in [4.78, 5) is 16.4. The molecule has 5 heteroatoms. The van der Waals surface area contributed by atoms with E-state index >= 15 is 0 Å². The number of nitrogens with one attached hydrogen (secondary N) is 1. The molecule has 4 aromatic rings. The van der Waals surface area contributed by atoms with E-state index < -0.39 is 0 Å². The first-order valence-electron chi connectivity index (χ1n) is 6.67. The fourth-order valence-corrected chi connectivity index (χ4v) is 2.60. The summed E-state index contributed by atoms with van der Waals surface area (Å²) in [7, 11) is 0. The van der Waals surface area contributed by atoms with Gasteiger partial charge in [-0.1, -0.05) is 36.4 Å². The quantitative estimate of drug-likeness (QED) is 0.581. The summed E-state index contributed by atoms with van der Waals surface area (Å²) in [5.74, 6) is 0. The monoisotopic (exact) mass is 276 g/mol. The largest absolute Gasteiger partial charge is 0.281 e. The molecule has 0 aliphatic heterocycles. The predicted octanol–water partition coefficient (Wildman–Crippen LogP) is 2.55. The highest BCUT2D eigenvalue weighted by atomic mass is 16.1. The minimum absolute atomic E-state index is 0.234. The van der Waals surface area contributed by atoms with Gasteiger partial charge in [0.15, 0.2) is 5.65 Å². The molecule has 0 aliphatic rings. The molecular weight excluding hydrogens is 264 g/mol. The maximum Gasteiger partial charge on any atom is 0.281 e. The standard InChI is InChI=1S/C16H12N4O/c1-10-6-2-3-7-11(10)14-15-17-16(21)12-8-4-5-9-13(12)20(15)19-18-14/h2-9,19H,1H3. The van der Waals surface area contributed by atoms with E-state index in [4.69, 9.17) is 0 Å². The molecule has 2 aromatic carbocycles. The molecule has 1 N–H and O–H groups in total. The third-order valence-corrected chi connectivity index (χ3v) is 3.67. The zero-order chi connectivity index (χ0) is 14.4. The minimum atomic E-state index is -0.234.